The smallest absolute Gasteiger partial charge is 0.378 e. The van der Waals surface area contributed by atoms with E-state index in [2.05, 4.69) is 30.2 Å². The van der Waals surface area contributed by atoms with Gasteiger partial charge >= 0.3 is 18.4 Å². The van der Waals surface area contributed by atoms with Crippen LogP contribution in [0.1, 0.15) is 40.0 Å². The van der Waals surface area contributed by atoms with Crippen molar-refractivity contribution in [3.63, 3.8) is 0 Å². The second-order valence-electron chi connectivity index (χ2n) is 8.64. The number of hydrogen-bond donors (Lipinski definition) is 3. The van der Waals surface area contributed by atoms with Crippen molar-refractivity contribution < 1.29 is 45.3 Å². The van der Waals surface area contributed by atoms with Crippen molar-refractivity contribution in [2.24, 2.45) is 0 Å². The maximum Gasteiger partial charge on any atom is 0.410 e. The zero-order valence-corrected chi connectivity index (χ0v) is 19.8. The highest BCUT2D eigenvalue weighted by molar-refractivity contribution is 5.93. The number of benzene rings is 1. The van der Waals surface area contributed by atoms with E-state index in [1.54, 1.807) is 0 Å². The second kappa shape index (κ2) is 10.1. The molecule has 3 heterocycles. The van der Waals surface area contributed by atoms with Gasteiger partial charge in [0.15, 0.2) is 5.69 Å². The van der Waals surface area contributed by atoms with Crippen LogP contribution in [0.25, 0.3) is 11.0 Å². The largest absolute Gasteiger partial charge is 0.410 e. The minimum absolute atomic E-state index is 0.0771. The lowest BCUT2D eigenvalue weighted by atomic mass is 10.1. The Hall–Kier alpha value is -3.89. The molecule has 3 atom stereocenters. The Morgan fingerprint density at radius 3 is 2.58 bits per heavy atom. The van der Waals surface area contributed by atoms with Gasteiger partial charge in [-0.25, -0.2) is 14.4 Å². The number of aromatic nitrogens is 4. The number of methoxy groups -OCH3 is 1. The minimum atomic E-state index is -4.64. The number of aryl methyl sites for hydroxylation is 1. The summed E-state index contributed by atoms with van der Waals surface area (Å²) in [5, 5.41) is 11.2. The van der Waals surface area contributed by atoms with E-state index in [-0.39, 0.29) is 29.3 Å². The monoisotopic (exact) mass is 549 g/mol. The number of urea groups is 1. The highest BCUT2D eigenvalue weighted by Crippen LogP contribution is 2.31. The first-order valence-electron chi connectivity index (χ1n) is 11.1. The van der Waals surface area contributed by atoms with Crippen molar-refractivity contribution in [2.75, 3.05) is 13.7 Å². The van der Waals surface area contributed by atoms with Gasteiger partial charge < -0.3 is 25.3 Å². The van der Waals surface area contributed by atoms with Crippen LogP contribution in [-0.2, 0) is 11.3 Å². The number of nitrogens with one attached hydrogen (secondary N) is 3. The van der Waals surface area contributed by atoms with Crippen molar-refractivity contribution in [2.45, 2.75) is 50.4 Å². The van der Waals surface area contributed by atoms with E-state index in [0.29, 0.717) is 11.1 Å². The molecular formula is C21H21F6N7O4. The number of amides is 3. The van der Waals surface area contributed by atoms with Crippen molar-refractivity contribution in [1.29, 1.82) is 0 Å². The Labute approximate surface area is 209 Å². The third kappa shape index (κ3) is 5.98. The molecule has 1 fully saturated rings. The predicted octanol–water partition coefficient (Wildman–Crippen LogP) is 3.15. The van der Waals surface area contributed by atoms with Gasteiger partial charge in [0.1, 0.15) is 23.6 Å². The van der Waals surface area contributed by atoms with Gasteiger partial charge in [-0.15, -0.1) is 0 Å². The standard InChI is InChI=1S/C21H21F6N7O4/c1-9-15(33-38-32-9)18(35)31-16(13(37-2)6-20(22,23)24)17-28-11-4-3-10(5-12(11)29-17)7-34-8-14(21(25,26)27)30-19(34)36/h3-5,13-14,16H,6-8H2,1-2H3,(H,28,29)(H,30,36)(H,31,35)/t13-,14+,16+/m1/s1. The number of imidazole rings is 1. The first kappa shape index (κ1) is 27.2. The Bertz CT molecular complexity index is 1320. The summed E-state index contributed by atoms with van der Waals surface area (Å²) in [6, 6.07) is 0.207. The van der Waals surface area contributed by atoms with Gasteiger partial charge in [0, 0.05) is 13.7 Å². The van der Waals surface area contributed by atoms with Gasteiger partial charge in [-0.1, -0.05) is 11.2 Å². The molecule has 2 aromatic heterocycles. The van der Waals surface area contributed by atoms with E-state index < -0.39 is 55.4 Å². The summed E-state index contributed by atoms with van der Waals surface area (Å²) >= 11 is 0. The molecule has 206 valence electrons. The molecule has 0 radical (unpaired) electrons. The van der Waals surface area contributed by atoms with Gasteiger partial charge in [-0.3, -0.25) is 4.79 Å². The van der Waals surface area contributed by atoms with Crippen molar-refractivity contribution >= 4 is 23.0 Å². The molecule has 38 heavy (non-hydrogen) atoms. The van der Waals surface area contributed by atoms with Crippen LogP contribution >= 0.6 is 0 Å². The molecule has 3 aromatic rings. The van der Waals surface area contributed by atoms with E-state index in [9.17, 15) is 35.9 Å². The SMILES string of the molecule is CO[C@H](CC(F)(F)F)[C@H](NC(=O)c1nonc1C)c1nc2cc(CN3C[C@@H](C(F)(F)F)NC3=O)ccc2[nH]1. The first-order chi connectivity index (χ1) is 17.7. The summed E-state index contributed by atoms with van der Waals surface area (Å²) in [5.74, 6) is -0.954. The minimum Gasteiger partial charge on any atom is -0.378 e. The summed E-state index contributed by atoms with van der Waals surface area (Å²) in [5.41, 5.74) is 0.903. The Morgan fingerprint density at radius 2 is 2.00 bits per heavy atom. The number of carbonyl (C=O) groups excluding carboxylic acids is 2. The third-order valence-corrected chi connectivity index (χ3v) is 5.88. The fourth-order valence-electron chi connectivity index (χ4n) is 4.00. The van der Waals surface area contributed by atoms with Crippen LogP contribution in [0.5, 0.6) is 0 Å². The molecule has 11 nitrogen and oxygen atoms in total. The molecular weight excluding hydrogens is 528 g/mol. The van der Waals surface area contributed by atoms with Crippen LogP contribution in [0.15, 0.2) is 22.8 Å². The molecule has 1 saturated heterocycles. The molecule has 0 spiro atoms. The van der Waals surface area contributed by atoms with E-state index in [4.69, 9.17) is 4.74 Å². The number of halogens is 6. The number of nitrogens with zero attached hydrogens (tertiary/aromatic N) is 4. The summed E-state index contributed by atoms with van der Waals surface area (Å²) in [7, 11) is 1.05. The second-order valence-corrected chi connectivity index (χ2v) is 8.64. The van der Waals surface area contributed by atoms with Crippen LogP contribution in [0.2, 0.25) is 0 Å². The number of rotatable bonds is 8. The summed E-state index contributed by atoms with van der Waals surface area (Å²) in [6.07, 6.45) is -12.2. The molecule has 4 rings (SSSR count). The molecule has 1 aliphatic rings. The number of carbonyl (C=O) groups is 2. The average molecular weight is 549 g/mol. The summed E-state index contributed by atoms with van der Waals surface area (Å²) in [6.45, 7) is 0.678. The summed E-state index contributed by atoms with van der Waals surface area (Å²) < 4.78 is 88.2. The summed E-state index contributed by atoms with van der Waals surface area (Å²) in [4.78, 5) is 32.8. The lowest BCUT2D eigenvalue weighted by Crippen LogP contribution is -2.40. The van der Waals surface area contributed by atoms with Crippen LogP contribution < -0.4 is 10.6 Å². The van der Waals surface area contributed by atoms with Gasteiger partial charge in [0.2, 0.25) is 0 Å². The zero-order valence-electron chi connectivity index (χ0n) is 19.8. The fraction of sp³-hybridized carbons (Fsp3) is 0.476. The van der Waals surface area contributed by atoms with Crippen LogP contribution in [-0.4, -0.2) is 75.3 Å². The normalized spacial score (nSPS) is 18.1. The number of aromatic amines is 1. The molecule has 3 amide bonds. The first-order valence-corrected chi connectivity index (χ1v) is 11.1. The average Bonchev–Trinajstić information content (AvgIpc) is 3.53. The molecule has 1 aliphatic heterocycles. The number of hydrogen-bond acceptors (Lipinski definition) is 7. The van der Waals surface area contributed by atoms with Crippen molar-refractivity contribution in [3.05, 3.63) is 41.0 Å². The highest BCUT2D eigenvalue weighted by atomic mass is 19.4. The molecule has 0 unspecified atom stereocenters. The predicted molar refractivity (Wildman–Crippen MR) is 116 cm³/mol. The van der Waals surface area contributed by atoms with E-state index in [1.165, 1.54) is 25.1 Å². The van der Waals surface area contributed by atoms with Crippen molar-refractivity contribution in [1.82, 2.24) is 35.8 Å². The maximum absolute atomic E-state index is 13.3. The van der Waals surface area contributed by atoms with Gasteiger partial charge in [-0.2, -0.15) is 26.3 Å². The van der Waals surface area contributed by atoms with E-state index in [1.807, 2.05) is 5.32 Å². The molecule has 3 N–H and O–H groups in total. The molecule has 0 aliphatic carbocycles. The Balaban J connectivity index is 1.61. The molecule has 17 heteroatoms. The van der Waals surface area contributed by atoms with Gasteiger partial charge in [-0.05, 0) is 29.8 Å². The molecule has 1 aromatic carbocycles. The number of H-pyrrole nitrogens is 1. The fourth-order valence-corrected chi connectivity index (χ4v) is 4.00. The van der Waals surface area contributed by atoms with Crippen LogP contribution in [0.3, 0.4) is 0 Å². The third-order valence-electron chi connectivity index (χ3n) is 5.88. The van der Waals surface area contributed by atoms with Gasteiger partial charge in [0.25, 0.3) is 5.91 Å². The zero-order chi connectivity index (χ0) is 27.8. The van der Waals surface area contributed by atoms with Gasteiger partial charge in [0.05, 0.1) is 30.1 Å². The van der Waals surface area contributed by atoms with Crippen molar-refractivity contribution in [3.8, 4) is 0 Å². The number of fused-ring (bicyclic) bond motifs is 1. The van der Waals surface area contributed by atoms with Crippen LogP contribution in [0.4, 0.5) is 31.1 Å². The van der Waals surface area contributed by atoms with Crippen LogP contribution in [0, 0.1) is 6.92 Å². The number of ether oxygens (including phenoxy) is 1. The molecule has 0 saturated carbocycles. The quantitative estimate of drug-likeness (QED) is 0.367. The van der Waals surface area contributed by atoms with E-state index in [0.717, 1.165) is 12.0 Å². The number of alkyl halides is 6. The molecule has 0 bridgehead atoms. The topological polar surface area (TPSA) is 138 Å². The highest BCUT2D eigenvalue weighted by Gasteiger charge is 2.46. The lowest BCUT2D eigenvalue weighted by Gasteiger charge is -2.26. The Morgan fingerprint density at radius 1 is 1.26 bits per heavy atom. The van der Waals surface area contributed by atoms with E-state index >= 15 is 0 Å². The maximum atomic E-state index is 13.3. The Kier molecular flexibility index (Phi) is 7.22. The lowest BCUT2D eigenvalue weighted by molar-refractivity contribution is -0.161.